The number of nitrogens with zero attached hydrogens (tertiary/aromatic N) is 2. The van der Waals surface area contributed by atoms with Crippen LogP contribution in [0.4, 0.5) is 13.9 Å². The largest absolute Gasteiger partial charge is 0.300 e. The van der Waals surface area contributed by atoms with Crippen LogP contribution in [0.2, 0.25) is 0 Å². The van der Waals surface area contributed by atoms with E-state index in [-0.39, 0.29) is 23.0 Å². The Morgan fingerprint density at radius 2 is 1.88 bits per heavy atom. The van der Waals surface area contributed by atoms with Gasteiger partial charge in [-0.25, -0.2) is 8.78 Å². The van der Waals surface area contributed by atoms with Crippen LogP contribution in [0, 0.1) is 11.6 Å². The van der Waals surface area contributed by atoms with Crippen LogP contribution < -0.4 is 5.32 Å². The summed E-state index contributed by atoms with van der Waals surface area (Å²) in [6, 6.07) is 12.9. The lowest BCUT2D eigenvalue weighted by molar-refractivity contribution is -0.113. The normalized spacial score (nSPS) is 10.7. The molecule has 1 heterocycles. The van der Waals surface area contributed by atoms with Gasteiger partial charge in [-0.1, -0.05) is 41.3 Å². The molecule has 0 bridgehead atoms. The van der Waals surface area contributed by atoms with Crippen molar-refractivity contribution in [3.63, 3.8) is 0 Å². The fourth-order valence-electron chi connectivity index (χ4n) is 1.93. The molecule has 2 aromatic carbocycles. The number of carbonyl (C=O) groups is 1. The van der Waals surface area contributed by atoms with Crippen LogP contribution in [0.1, 0.15) is 5.56 Å². The number of benzene rings is 2. The van der Waals surface area contributed by atoms with E-state index in [1.165, 1.54) is 34.9 Å². The van der Waals surface area contributed by atoms with Crippen molar-refractivity contribution < 1.29 is 13.6 Å². The number of nitrogens with one attached hydrogen (secondary N) is 1. The molecule has 1 N–H and O–H groups in total. The minimum atomic E-state index is -0.483. The predicted octanol–water partition coefficient (Wildman–Crippen LogP) is 4.84. The number of amides is 1. The van der Waals surface area contributed by atoms with Crippen LogP contribution in [0.25, 0.3) is 0 Å². The first-order valence-electron chi connectivity index (χ1n) is 7.48. The van der Waals surface area contributed by atoms with Crippen molar-refractivity contribution >= 4 is 45.9 Å². The Labute approximate surface area is 161 Å². The number of halogens is 2. The lowest BCUT2D eigenvalue weighted by Gasteiger charge is -2.01. The first-order chi connectivity index (χ1) is 12.6. The molecule has 9 heteroatoms. The van der Waals surface area contributed by atoms with Gasteiger partial charge in [-0.3, -0.25) is 10.1 Å². The van der Waals surface area contributed by atoms with E-state index >= 15 is 0 Å². The third kappa shape index (κ3) is 5.52. The quantitative estimate of drug-likeness (QED) is 0.447. The van der Waals surface area contributed by atoms with Crippen LogP contribution in [-0.2, 0) is 10.5 Å². The summed E-state index contributed by atoms with van der Waals surface area (Å²) in [6.45, 7) is 0. The highest BCUT2D eigenvalue weighted by atomic mass is 32.2. The lowest BCUT2D eigenvalue weighted by Crippen LogP contribution is -2.13. The summed E-state index contributed by atoms with van der Waals surface area (Å²) in [6.07, 6.45) is 0. The number of hydrogen-bond acceptors (Lipinski definition) is 6. The molecule has 1 aromatic heterocycles. The van der Waals surface area contributed by atoms with Crippen LogP contribution in [0.5, 0.6) is 0 Å². The van der Waals surface area contributed by atoms with Crippen LogP contribution in [-0.4, -0.2) is 21.9 Å². The zero-order valence-corrected chi connectivity index (χ0v) is 15.8. The van der Waals surface area contributed by atoms with Gasteiger partial charge in [0.2, 0.25) is 11.0 Å². The Morgan fingerprint density at radius 3 is 2.69 bits per heavy atom. The first-order valence-corrected chi connectivity index (χ1v) is 10.3. The Balaban J connectivity index is 1.49. The second kappa shape index (κ2) is 9.11. The predicted molar refractivity (Wildman–Crippen MR) is 102 cm³/mol. The summed E-state index contributed by atoms with van der Waals surface area (Å²) in [5, 5.41) is 10.9. The molecule has 0 unspecified atom stereocenters. The Bertz CT molecular complexity index is 890. The molecule has 0 aliphatic rings. The SMILES string of the molecule is O=C(CSc1ccccc1)Nc1nnc(SCc2cc(F)ccc2F)s1. The molecule has 0 spiro atoms. The van der Waals surface area contributed by atoms with Crippen molar-refractivity contribution in [2.45, 2.75) is 15.0 Å². The molecule has 26 heavy (non-hydrogen) atoms. The minimum Gasteiger partial charge on any atom is -0.300 e. The van der Waals surface area contributed by atoms with Crippen LogP contribution in [0.3, 0.4) is 0 Å². The van der Waals surface area contributed by atoms with Gasteiger partial charge in [-0.2, -0.15) is 0 Å². The molecule has 0 atom stereocenters. The monoisotopic (exact) mass is 409 g/mol. The van der Waals surface area contributed by atoms with E-state index in [0.717, 1.165) is 23.1 Å². The Kier molecular flexibility index (Phi) is 6.59. The summed E-state index contributed by atoms with van der Waals surface area (Å²) < 4.78 is 27.3. The molecular weight excluding hydrogens is 396 g/mol. The van der Waals surface area contributed by atoms with E-state index in [2.05, 4.69) is 15.5 Å². The van der Waals surface area contributed by atoms with Gasteiger partial charge in [0.1, 0.15) is 11.6 Å². The van der Waals surface area contributed by atoms with Crippen molar-refractivity contribution in [1.29, 1.82) is 0 Å². The molecule has 0 saturated carbocycles. The van der Waals surface area contributed by atoms with Crippen LogP contribution in [0.15, 0.2) is 57.8 Å². The molecular formula is C17H13F2N3OS3. The van der Waals surface area contributed by atoms with E-state index in [9.17, 15) is 13.6 Å². The van der Waals surface area contributed by atoms with Crippen molar-refractivity contribution in [2.75, 3.05) is 11.1 Å². The molecule has 4 nitrogen and oxygen atoms in total. The molecule has 3 rings (SSSR count). The lowest BCUT2D eigenvalue weighted by atomic mass is 10.2. The van der Waals surface area contributed by atoms with E-state index < -0.39 is 11.6 Å². The molecule has 1 amide bonds. The average Bonchev–Trinajstić information content (AvgIpc) is 3.09. The van der Waals surface area contributed by atoms with E-state index in [4.69, 9.17) is 0 Å². The average molecular weight is 410 g/mol. The molecule has 0 aliphatic heterocycles. The van der Waals surface area contributed by atoms with E-state index in [1.807, 2.05) is 30.3 Å². The maximum Gasteiger partial charge on any atom is 0.236 e. The molecule has 134 valence electrons. The van der Waals surface area contributed by atoms with E-state index in [0.29, 0.717) is 9.47 Å². The minimum absolute atomic E-state index is 0.178. The van der Waals surface area contributed by atoms with Crippen molar-refractivity contribution in [3.05, 3.63) is 65.7 Å². The fraction of sp³-hybridized carbons (Fsp3) is 0.118. The maximum absolute atomic E-state index is 13.6. The Morgan fingerprint density at radius 1 is 1.08 bits per heavy atom. The second-order valence-corrected chi connectivity index (χ2v) is 8.30. The van der Waals surface area contributed by atoms with Gasteiger partial charge in [0.05, 0.1) is 5.75 Å². The number of rotatable bonds is 7. The van der Waals surface area contributed by atoms with Gasteiger partial charge in [0.15, 0.2) is 4.34 Å². The summed E-state index contributed by atoms with van der Waals surface area (Å²) in [4.78, 5) is 13.0. The zero-order chi connectivity index (χ0) is 18.4. The number of hydrogen-bond donors (Lipinski definition) is 1. The topological polar surface area (TPSA) is 54.9 Å². The number of thioether (sulfide) groups is 2. The highest BCUT2D eigenvalue weighted by Crippen LogP contribution is 2.29. The fourth-order valence-corrected chi connectivity index (χ4v) is 4.39. The smallest absolute Gasteiger partial charge is 0.236 e. The molecule has 0 fully saturated rings. The highest BCUT2D eigenvalue weighted by molar-refractivity contribution is 8.00. The first kappa shape index (κ1) is 18.8. The molecule has 3 aromatic rings. The number of anilines is 1. The summed E-state index contributed by atoms with van der Waals surface area (Å²) in [7, 11) is 0. The molecule has 0 aliphatic carbocycles. The van der Waals surface area contributed by atoms with Crippen molar-refractivity contribution in [3.8, 4) is 0 Å². The highest BCUT2D eigenvalue weighted by Gasteiger charge is 2.11. The summed E-state index contributed by atoms with van der Waals surface area (Å²) in [5.74, 6) is -0.628. The zero-order valence-electron chi connectivity index (χ0n) is 13.3. The standard InChI is InChI=1S/C17H13F2N3OS3/c18-12-6-7-14(19)11(8-12)9-25-17-22-21-16(26-17)20-15(23)10-24-13-4-2-1-3-5-13/h1-8H,9-10H2,(H,20,21,23). The van der Waals surface area contributed by atoms with Crippen molar-refractivity contribution in [2.24, 2.45) is 0 Å². The number of carbonyl (C=O) groups excluding carboxylic acids is 1. The maximum atomic E-state index is 13.6. The van der Waals surface area contributed by atoms with E-state index in [1.54, 1.807) is 0 Å². The third-order valence-electron chi connectivity index (χ3n) is 3.12. The van der Waals surface area contributed by atoms with Crippen molar-refractivity contribution in [1.82, 2.24) is 10.2 Å². The van der Waals surface area contributed by atoms with Gasteiger partial charge in [-0.05, 0) is 30.3 Å². The second-order valence-electron chi connectivity index (χ2n) is 5.05. The van der Waals surface area contributed by atoms with Crippen LogP contribution >= 0.6 is 34.9 Å². The third-order valence-corrected chi connectivity index (χ3v) is 6.16. The van der Waals surface area contributed by atoms with Gasteiger partial charge in [0, 0.05) is 16.2 Å². The van der Waals surface area contributed by atoms with Gasteiger partial charge >= 0.3 is 0 Å². The molecule has 0 radical (unpaired) electrons. The summed E-state index contributed by atoms with van der Waals surface area (Å²) in [5.41, 5.74) is 0.259. The van der Waals surface area contributed by atoms with Gasteiger partial charge in [-0.15, -0.1) is 22.0 Å². The molecule has 0 saturated heterocycles. The van der Waals surface area contributed by atoms with Gasteiger partial charge < -0.3 is 0 Å². The Hall–Kier alpha value is -1.97. The van der Waals surface area contributed by atoms with Gasteiger partial charge in [0.25, 0.3) is 0 Å². The summed E-state index contributed by atoms with van der Waals surface area (Å²) >= 11 is 3.86. The number of aromatic nitrogens is 2.